The van der Waals surface area contributed by atoms with Crippen molar-refractivity contribution in [3.05, 3.63) is 29.3 Å². The lowest BCUT2D eigenvalue weighted by Crippen LogP contribution is -2.46. The molecule has 0 spiro atoms. The van der Waals surface area contributed by atoms with Crippen LogP contribution in [0.15, 0.2) is 12.1 Å². The lowest BCUT2D eigenvalue weighted by Gasteiger charge is -2.24. The van der Waals surface area contributed by atoms with Crippen molar-refractivity contribution in [1.82, 2.24) is 10.2 Å². The number of hydrogen-bond acceptors (Lipinski definition) is 4. The number of nitrogens with one attached hydrogen (secondary N) is 1. The fraction of sp³-hybridized carbons (Fsp3) is 0.467. The van der Waals surface area contributed by atoms with Crippen LogP contribution < -0.4 is 15.8 Å². The van der Waals surface area contributed by atoms with E-state index in [9.17, 15) is 18.4 Å². The molecule has 126 valence electrons. The summed E-state index contributed by atoms with van der Waals surface area (Å²) in [7, 11) is 1.20. The predicted molar refractivity (Wildman–Crippen MR) is 79.0 cm³/mol. The second kappa shape index (κ2) is 6.91. The van der Waals surface area contributed by atoms with E-state index in [0.717, 1.165) is 6.07 Å². The molecule has 6 nitrogen and oxygen atoms in total. The Bertz CT molecular complexity index is 624. The summed E-state index contributed by atoms with van der Waals surface area (Å²) >= 11 is 0. The second-order valence-electron chi connectivity index (χ2n) is 5.31. The molecule has 1 saturated heterocycles. The fourth-order valence-corrected chi connectivity index (χ4v) is 2.64. The monoisotopic (exact) mass is 327 g/mol. The highest BCUT2D eigenvalue weighted by molar-refractivity contribution is 5.98. The van der Waals surface area contributed by atoms with Crippen molar-refractivity contribution in [2.75, 3.05) is 20.2 Å². The Morgan fingerprint density at radius 2 is 2.09 bits per heavy atom. The van der Waals surface area contributed by atoms with Crippen LogP contribution in [-0.4, -0.2) is 49.0 Å². The average molecular weight is 327 g/mol. The molecule has 3 N–H and O–H groups in total. The van der Waals surface area contributed by atoms with Gasteiger partial charge in [-0.05, 0) is 25.5 Å². The molecule has 8 heteroatoms. The van der Waals surface area contributed by atoms with Gasteiger partial charge in [0.05, 0.1) is 12.7 Å². The van der Waals surface area contributed by atoms with Crippen LogP contribution in [0.1, 0.15) is 23.7 Å². The van der Waals surface area contributed by atoms with Gasteiger partial charge in [-0.25, -0.2) is 4.39 Å². The normalized spacial score (nSPS) is 20.5. The summed E-state index contributed by atoms with van der Waals surface area (Å²) in [4.78, 5) is 25.7. The third-order valence-electron chi connectivity index (χ3n) is 3.75. The Labute approximate surface area is 132 Å². The molecule has 1 heterocycles. The zero-order valence-electron chi connectivity index (χ0n) is 12.9. The molecular formula is C15H19F2N3O3. The number of benzene rings is 1. The van der Waals surface area contributed by atoms with Crippen LogP contribution in [0.2, 0.25) is 0 Å². The molecule has 1 aliphatic rings. The van der Waals surface area contributed by atoms with E-state index in [4.69, 9.17) is 5.73 Å². The molecule has 0 bridgehead atoms. The molecule has 1 aromatic rings. The first kappa shape index (κ1) is 17.1. The molecule has 2 atom stereocenters. The summed E-state index contributed by atoms with van der Waals surface area (Å²) in [5.41, 5.74) is 5.37. The van der Waals surface area contributed by atoms with Crippen LogP contribution in [-0.2, 0) is 4.79 Å². The third-order valence-corrected chi connectivity index (χ3v) is 3.75. The number of carbonyl (C=O) groups excluding carboxylic acids is 2. The zero-order chi connectivity index (χ0) is 17.1. The van der Waals surface area contributed by atoms with Crippen molar-refractivity contribution in [3.63, 3.8) is 0 Å². The van der Waals surface area contributed by atoms with Gasteiger partial charge in [0.15, 0.2) is 11.6 Å². The second-order valence-corrected chi connectivity index (χ2v) is 5.31. The molecule has 0 unspecified atom stereocenters. The van der Waals surface area contributed by atoms with Gasteiger partial charge >= 0.3 is 0 Å². The number of rotatable bonds is 4. The van der Waals surface area contributed by atoms with Crippen LogP contribution in [0, 0.1) is 11.6 Å². The van der Waals surface area contributed by atoms with Crippen molar-refractivity contribution in [2.45, 2.75) is 25.4 Å². The highest BCUT2D eigenvalue weighted by Crippen LogP contribution is 2.26. The summed E-state index contributed by atoms with van der Waals surface area (Å²) < 4.78 is 32.6. The van der Waals surface area contributed by atoms with Crippen molar-refractivity contribution in [1.29, 1.82) is 0 Å². The fourth-order valence-electron chi connectivity index (χ4n) is 2.64. The van der Waals surface area contributed by atoms with Crippen molar-refractivity contribution < 1.29 is 23.1 Å². The number of nitrogens with zero attached hydrogens (tertiary/aromatic N) is 1. The van der Waals surface area contributed by atoms with Crippen molar-refractivity contribution >= 4 is 11.8 Å². The first-order valence-corrected chi connectivity index (χ1v) is 7.26. The van der Waals surface area contributed by atoms with E-state index in [0.29, 0.717) is 6.54 Å². The predicted octanol–water partition coefficient (Wildman–Crippen LogP) is 0.651. The minimum absolute atomic E-state index is 0.105. The van der Waals surface area contributed by atoms with Gasteiger partial charge in [-0.2, -0.15) is 4.39 Å². The van der Waals surface area contributed by atoms with Crippen LogP contribution in [0.5, 0.6) is 5.75 Å². The van der Waals surface area contributed by atoms with Gasteiger partial charge < -0.3 is 20.7 Å². The van der Waals surface area contributed by atoms with Gasteiger partial charge in [-0.15, -0.1) is 0 Å². The van der Waals surface area contributed by atoms with Crippen LogP contribution in [0.4, 0.5) is 8.78 Å². The molecule has 2 rings (SSSR count). The molecule has 1 aliphatic heterocycles. The number of carbonyl (C=O) groups is 2. The first-order chi connectivity index (χ1) is 10.9. The maximum atomic E-state index is 14.1. The van der Waals surface area contributed by atoms with E-state index in [1.54, 1.807) is 6.92 Å². The topological polar surface area (TPSA) is 84.7 Å². The Balaban J connectivity index is 2.31. The molecule has 1 aromatic carbocycles. The Kier molecular flexibility index (Phi) is 5.15. The van der Waals surface area contributed by atoms with Crippen LogP contribution in [0.3, 0.4) is 0 Å². The first-order valence-electron chi connectivity index (χ1n) is 7.26. The summed E-state index contributed by atoms with van der Waals surface area (Å²) in [6, 6.07) is 1.13. The standard InChI is InChI=1S/C15H19F2N3O3/c1-3-19-14(21)10-6-8(18)7-20(10)15(22)9-4-5-11(23-2)13(17)12(9)16/h4-5,8,10H,3,6-7,18H2,1-2H3,(H,19,21)/t8-,10-/m0/s1. The summed E-state index contributed by atoms with van der Waals surface area (Å²) in [5, 5.41) is 2.61. The van der Waals surface area contributed by atoms with E-state index in [1.807, 2.05) is 0 Å². The van der Waals surface area contributed by atoms with Crippen molar-refractivity contribution in [3.8, 4) is 5.75 Å². The summed E-state index contributed by atoms with van der Waals surface area (Å²) in [5.74, 6) is -3.96. The van der Waals surface area contributed by atoms with Gasteiger partial charge in [-0.1, -0.05) is 0 Å². The number of nitrogens with two attached hydrogens (primary N) is 1. The molecular weight excluding hydrogens is 308 g/mol. The van der Waals surface area contributed by atoms with Gasteiger partial charge in [0.2, 0.25) is 11.7 Å². The quantitative estimate of drug-likeness (QED) is 0.850. The van der Waals surface area contributed by atoms with E-state index < -0.39 is 35.2 Å². The molecule has 1 fully saturated rings. The molecule has 0 aliphatic carbocycles. The lowest BCUT2D eigenvalue weighted by atomic mass is 10.1. The smallest absolute Gasteiger partial charge is 0.257 e. The van der Waals surface area contributed by atoms with Crippen LogP contribution in [0.25, 0.3) is 0 Å². The zero-order valence-corrected chi connectivity index (χ0v) is 12.9. The number of likely N-dealkylation sites (N-methyl/N-ethyl adjacent to an activating group) is 1. The highest BCUT2D eigenvalue weighted by Gasteiger charge is 2.39. The number of halogens is 2. The maximum absolute atomic E-state index is 14.1. The van der Waals surface area contributed by atoms with E-state index in [2.05, 4.69) is 10.1 Å². The third kappa shape index (κ3) is 3.26. The van der Waals surface area contributed by atoms with E-state index in [1.165, 1.54) is 18.1 Å². The van der Waals surface area contributed by atoms with E-state index >= 15 is 0 Å². The minimum Gasteiger partial charge on any atom is -0.494 e. The molecule has 23 heavy (non-hydrogen) atoms. The Morgan fingerprint density at radius 3 is 2.70 bits per heavy atom. The largest absolute Gasteiger partial charge is 0.494 e. The molecule has 0 radical (unpaired) electrons. The molecule has 0 saturated carbocycles. The Morgan fingerprint density at radius 1 is 1.39 bits per heavy atom. The van der Waals surface area contributed by atoms with Gasteiger partial charge in [0.1, 0.15) is 6.04 Å². The maximum Gasteiger partial charge on any atom is 0.257 e. The number of hydrogen-bond donors (Lipinski definition) is 2. The number of methoxy groups -OCH3 is 1. The summed E-state index contributed by atoms with van der Waals surface area (Å²) in [6.07, 6.45) is 0.276. The number of likely N-dealkylation sites (tertiary alicyclic amines) is 1. The van der Waals surface area contributed by atoms with Crippen molar-refractivity contribution in [2.24, 2.45) is 5.73 Å². The SMILES string of the molecule is CCNC(=O)[C@@H]1C[C@H](N)CN1C(=O)c1ccc(OC)c(F)c1F. The van der Waals surface area contributed by atoms with Gasteiger partial charge in [0, 0.05) is 19.1 Å². The van der Waals surface area contributed by atoms with E-state index in [-0.39, 0.29) is 24.6 Å². The molecule has 2 amide bonds. The molecule has 0 aromatic heterocycles. The number of ether oxygens (including phenoxy) is 1. The lowest BCUT2D eigenvalue weighted by molar-refractivity contribution is -0.124. The minimum atomic E-state index is -1.30. The summed E-state index contributed by atoms with van der Waals surface area (Å²) in [6.45, 7) is 2.25. The highest BCUT2D eigenvalue weighted by atomic mass is 19.2. The van der Waals surface area contributed by atoms with Gasteiger partial charge in [-0.3, -0.25) is 9.59 Å². The van der Waals surface area contributed by atoms with Crippen LogP contribution >= 0.6 is 0 Å². The Hall–Kier alpha value is -2.22. The number of amides is 2. The average Bonchev–Trinajstić information content (AvgIpc) is 2.91. The van der Waals surface area contributed by atoms with Gasteiger partial charge in [0.25, 0.3) is 5.91 Å².